The average Bonchev–Trinajstić information content (AvgIpc) is 2.66. The molecule has 6 heteroatoms. The lowest BCUT2D eigenvalue weighted by Crippen LogP contribution is -2.54. The highest BCUT2D eigenvalue weighted by molar-refractivity contribution is 6.05. The minimum Gasteiger partial charge on any atom is -0.368 e. The summed E-state index contributed by atoms with van der Waals surface area (Å²) in [6.45, 7) is 1.37. The molecule has 2 heterocycles. The van der Waals surface area contributed by atoms with Crippen LogP contribution in [0.15, 0.2) is 36.5 Å². The van der Waals surface area contributed by atoms with Crippen LogP contribution >= 0.6 is 0 Å². The zero-order valence-electron chi connectivity index (χ0n) is 14.7. The Kier molecular flexibility index (Phi) is 4.36. The molecular weight excluding hydrogens is 330 g/mol. The molecule has 6 nitrogen and oxygen atoms in total. The number of nitrogens with two attached hydrogens (primary N) is 1. The van der Waals surface area contributed by atoms with Gasteiger partial charge in [-0.05, 0) is 37.1 Å². The van der Waals surface area contributed by atoms with E-state index in [1.54, 1.807) is 6.20 Å². The van der Waals surface area contributed by atoms with E-state index >= 15 is 0 Å². The number of hydrogen-bond donors (Lipinski definition) is 1. The van der Waals surface area contributed by atoms with Crippen LogP contribution in [0.4, 0.5) is 0 Å². The van der Waals surface area contributed by atoms with Crippen molar-refractivity contribution in [3.05, 3.63) is 42.2 Å². The minimum atomic E-state index is -0.429. The number of carbonyl (C=O) groups is 2. The number of ether oxygens (including phenoxy) is 1. The van der Waals surface area contributed by atoms with E-state index in [-0.39, 0.29) is 24.0 Å². The number of carbonyl (C=O) groups excluding carboxylic acids is 2. The molecular formula is C20H23N3O3. The number of aromatic nitrogens is 1. The summed E-state index contributed by atoms with van der Waals surface area (Å²) < 4.78 is 5.68. The highest BCUT2D eigenvalue weighted by Crippen LogP contribution is 2.50. The monoisotopic (exact) mass is 353 g/mol. The summed E-state index contributed by atoms with van der Waals surface area (Å²) in [5, 5.41) is 1.92. The minimum absolute atomic E-state index is 0.00872. The average molecular weight is 353 g/mol. The maximum atomic E-state index is 13.0. The summed E-state index contributed by atoms with van der Waals surface area (Å²) in [5.74, 6) is -0.438. The van der Waals surface area contributed by atoms with Gasteiger partial charge in [0, 0.05) is 30.1 Å². The molecule has 1 aliphatic heterocycles. The molecule has 1 spiro atoms. The van der Waals surface area contributed by atoms with Crippen molar-refractivity contribution in [2.24, 2.45) is 11.1 Å². The van der Waals surface area contributed by atoms with Crippen molar-refractivity contribution in [3.63, 3.8) is 0 Å². The van der Waals surface area contributed by atoms with Gasteiger partial charge in [-0.3, -0.25) is 14.6 Å². The van der Waals surface area contributed by atoms with Crippen molar-refractivity contribution in [3.8, 4) is 0 Å². The van der Waals surface area contributed by atoms with Gasteiger partial charge in [0.15, 0.2) is 0 Å². The van der Waals surface area contributed by atoms with E-state index in [4.69, 9.17) is 10.5 Å². The van der Waals surface area contributed by atoms with E-state index in [9.17, 15) is 9.59 Å². The molecule has 26 heavy (non-hydrogen) atoms. The third kappa shape index (κ3) is 2.94. The fourth-order valence-corrected chi connectivity index (χ4v) is 4.28. The molecule has 1 atom stereocenters. The summed E-state index contributed by atoms with van der Waals surface area (Å²) >= 11 is 0. The van der Waals surface area contributed by atoms with Crippen LogP contribution in [0.5, 0.6) is 0 Å². The van der Waals surface area contributed by atoms with Crippen LogP contribution in [0.2, 0.25) is 0 Å². The van der Waals surface area contributed by atoms with E-state index < -0.39 is 5.91 Å². The lowest BCUT2D eigenvalue weighted by molar-refractivity contribution is -0.148. The number of nitrogens with zero attached hydrogens (tertiary/aromatic N) is 2. The first-order chi connectivity index (χ1) is 12.6. The fraction of sp³-hybridized carbons (Fsp3) is 0.450. The van der Waals surface area contributed by atoms with E-state index in [2.05, 4.69) is 4.98 Å². The summed E-state index contributed by atoms with van der Waals surface area (Å²) in [5.41, 5.74) is 5.80. The molecule has 1 unspecified atom stereocenters. The normalized spacial score (nSPS) is 21.5. The van der Waals surface area contributed by atoms with E-state index in [1.165, 1.54) is 0 Å². The highest BCUT2D eigenvalue weighted by Gasteiger charge is 2.49. The van der Waals surface area contributed by atoms with Crippen LogP contribution in [0.3, 0.4) is 0 Å². The molecule has 1 aliphatic carbocycles. The zero-order valence-corrected chi connectivity index (χ0v) is 14.7. The highest BCUT2D eigenvalue weighted by atomic mass is 16.5. The number of likely N-dealkylation sites (tertiary alicyclic amines) is 1. The third-order valence-corrected chi connectivity index (χ3v) is 5.94. The maximum absolute atomic E-state index is 13.0. The van der Waals surface area contributed by atoms with Crippen LogP contribution in [0.1, 0.15) is 36.2 Å². The van der Waals surface area contributed by atoms with Crippen molar-refractivity contribution < 1.29 is 14.3 Å². The molecule has 2 amide bonds. The number of rotatable bonds is 4. The van der Waals surface area contributed by atoms with Crippen LogP contribution in [0, 0.1) is 5.41 Å². The Labute approximate surface area is 152 Å². The van der Waals surface area contributed by atoms with Crippen molar-refractivity contribution in [2.45, 2.75) is 31.8 Å². The second-order valence-electron chi connectivity index (χ2n) is 7.34. The smallest absolute Gasteiger partial charge is 0.273 e. The van der Waals surface area contributed by atoms with Gasteiger partial charge in [-0.1, -0.05) is 24.3 Å². The Bertz CT molecular complexity index is 838. The van der Waals surface area contributed by atoms with Gasteiger partial charge < -0.3 is 15.4 Å². The predicted molar refractivity (Wildman–Crippen MR) is 97.5 cm³/mol. The van der Waals surface area contributed by atoms with Crippen LogP contribution in [-0.4, -0.2) is 47.5 Å². The van der Waals surface area contributed by atoms with E-state index in [1.807, 2.05) is 35.2 Å². The van der Waals surface area contributed by atoms with Crippen LogP contribution < -0.4 is 5.73 Å². The first-order valence-corrected chi connectivity index (χ1v) is 9.12. The van der Waals surface area contributed by atoms with Gasteiger partial charge in [0.25, 0.3) is 5.91 Å². The molecule has 2 fully saturated rings. The van der Waals surface area contributed by atoms with E-state index in [0.717, 1.165) is 36.5 Å². The van der Waals surface area contributed by atoms with E-state index in [0.29, 0.717) is 18.8 Å². The van der Waals surface area contributed by atoms with Gasteiger partial charge in [-0.15, -0.1) is 0 Å². The molecule has 1 aromatic heterocycles. The number of piperidine rings is 1. The number of primary amides is 1. The molecule has 136 valence electrons. The molecule has 2 N–H and O–H groups in total. The molecule has 2 aliphatic rings. The van der Waals surface area contributed by atoms with Crippen molar-refractivity contribution >= 4 is 22.6 Å². The van der Waals surface area contributed by atoms with Gasteiger partial charge in [0.2, 0.25) is 5.91 Å². The lowest BCUT2D eigenvalue weighted by Gasteiger charge is -2.53. The molecule has 4 rings (SSSR count). The van der Waals surface area contributed by atoms with Crippen LogP contribution in [-0.2, 0) is 9.53 Å². The van der Waals surface area contributed by atoms with Gasteiger partial charge in [-0.2, -0.15) is 0 Å². The Balaban J connectivity index is 1.45. The Morgan fingerprint density at radius 3 is 2.65 bits per heavy atom. The maximum Gasteiger partial charge on any atom is 0.273 e. The lowest BCUT2D eigenvalue weighted by atomic mass is 9.60. The number of hydrogen-bond acceptors (Lipinski definition) is 4. The van der Waals surface area contributed by atoms with Gasteiger partial charge in [0.05, 0.1) is 6.10 Å². The van der Waals surface area contributed by atoms with Crippen molar-refractivity contribution in [1.29, 1.82) is 0 Å². The summed E-state index contributed by atoms with van der Waals surface area (Å²) in [7, 11) is 0. The Morgan fingerprint density at radius 2 is 1.96 bits per heavy atom. The first-order valence-electron chi connectivity index (χ1n) is 9.12. The number of fused-ring (bicyclic) bond motifs is 1. The SMILES string of the molecule is NC(=O)COC1CCC12CCN(C(=O)c1nccc3ccccc13)CC2. The number of amides is 2. The summed E-state index contributed by atoms with van der Waals surface area (Å²) in [6.07, 6.45) is 5.63. The second-order valence-corrected chi connectivity index (χ2v) is 7.34. The number of pyridine rings is 1. The third-order valence-electron chi connectivity index (χ3n) is 5.94. The molecule has 1 saturated carbocycles. The zero-order chi connectivity index (χ0) is 18.1. The number of benzene rings is 1. The van der Waals surface area contributed by atoms with Crippen molar-refractivity contribution in [1.82, 2.24) is 9.88 Å². The Hall–Kier alpha value is -2.47. The van der Waals surface area contributed by atoms with Gasteiger partial charge in [-0.25, -0.2) is 0 Å². The van der Waals surface area contributed by atoms with Crippen molar-refractivity contribution in [2.75, 3.05) is 19.7 Å². The molecule has 1 saturated heterocycles. The predicted octanol–water partition coefficient (Wildman–Crippen LogP) is 2.12. The molecule has 0 bridgehead atoms. The van der Waals surface area contributed by atoms with Crippen LogP contribution in [0.25, 0.3) is 10.8 Å². The quantitative estimate of drug-likeness (QED) is 0.912. The Morgan fingerprint density at radius 1 is 1.19 bits per heavy atom. The molecule has 2 aromatic rings. The summed E-state index contributed by atoms with van der Waals surface area (Å²) in [4.78, 5) is 30.2. The topological polar surface area (TPSA) is 85.5 Å². The molecule has 0 radical (unpaired) electrons. The van der Waals surface area contributed by atoms with Gasteiger partial charge in [0.1, 0.15) is 12.3 Å². The van der Waals surface area contributed by atoms with Gasteiger partial charge >= 0.3 is 0 Å². The summed E-state index contributed by atoms with van der Waals surface area (Å²) in [6, 6.07) is 9.76. The largest absolute Gasteiger partial charge is 0.368 e. The fourth-order valence-electron chi connectivity index (χ4n) is 4.28. The second kappa shape index (κ2) is 6.68. The molecule has 1 aromatic carbocycles. The first kappa shape index (κ1) is 17.0. The standard InChI is InChI=1S/C20H23N3O3/c21-17(24)13-26-16-5-7-20(16)8-11-23(12-9-20)19(25)18-15-4-2-1-3-14(15)6-10-22-18/h1-4,6,10,16H,5,7-9,11-13H2,(H2,21,24).